The summed E-state index contributed by atoms with van der Waals surface area (Å²) >= 11 is 6.25. The zero-order valence-electron chi connectivity index (χ0n) is 15.4. The van der Waals surface area contributed by atoms with Crippen molar-refractivity contribution in [1.29, 1.82) is 0 Å². The van der Waals surface area contributed by atoms with E-state index in [9.17, 15) is 4.79 Å². The zero-order valence-corrected chi connectivity index (χ0v) is 17.0. The van der Waals surface area contributed by atoms with Crippen LogP contribution in [0.4, 0.5) is 5.95 Å². The molecule has 0 aliphatic carbocycles. The van der Waals surface area contributed by atoms with Crippen molar-refractivity contribution in [1.82, 2.24) is 24.6 Å². The number of benzene rings is 1. The maximum atomic E-state index is 12.9. The minimum atomic E-state index is -0.167. The third kappa shape index (κ3) is 4.22. The van der Waals surface area contributed by atoms with Crippen LogP contribution in [-0.2, 0) is 18.4 Å². The quantitative estimate of drug-likeness (QED) is 0.664. The predicted octanol–water partition coefficient (Wildman–Crippen LogP) is 2.68. The maximum Gasteiger partial charge on any atom is 0.231 e. The minimum absolute atomic E-state index is 0. The van der Waals surface area contributed by atoms with E-state index in [4.69, 9.17) is 11.6 Å². The summed E-state index contributed by atoms with van der Waals surface area (Å²) in [6.45, 7) is 1.94. The van der Waals surface area contributed by atoms with E-state index in [1.54, 1.807) is 10.9 Å². The van der Waals surface area contributed by atoms with Gasteiger partial charge in [0.25, 0.3) is 0 Å². The number of imidazole rings is 1. The molecular formula is C19H22Cl2N6O. The lowest BCUT2D eigenvalue weighted by molar-refractivity contribution is -0.119. The van der Waals surface area contributed by atoms with Crippen molar-refractivity contribution in [3.8, 4) is 0 Å². The lowest BCUT2D eigenvalue weighted by Crippen LogP contribution is -2.29. The molecule has 2 aromatic heterocycles. The van der Waals surface area contributed by atoms with Crippen molar-refractivity contribution in [3.63, 3.8) is 0 Å². The Morgan fingerprint density at radius 1 is 1.36 bits per heavy atom. The van der Waals surface area contributed by atoms with Gasteiger partial charge >= 0.3 is 0 Å². The monoisotopic (exact) mass is 420 g/mol. The molecule has 3 aromatic rings. The van der Waals surface area contributed by atoms with Gasteiger partial charge < -0.3 is 9.88 Å². The lowest BCUT2D eigenvalue weighted by atomic mass is 9.90. The van der Waals surface area contributed by atoms with Crippen LogP contribution in [-0.4, -0.2) is 38.3 Å². The molecule has 1 amide bonds. The topological polar surface area (TPSA) is 76.8 Å². The van der Waals surface area contributed by atoms with Crippen molar-refractivity contribution >= 4 is 35.9 Å². The Labute approximate surface area is 174 Å². The van der Waals surface area contributed by atoms with Crippen LogP contribution in [0.15, 0.2) is 49.1 Å². The van der Waals surface area contributed by atoms with Crippen LogP contribution >= 0.6 is 24.0 Å². The standard InChI is InChI=1S/C19H21ClN6O.ClH/c1-25-11-14(8-23-25)15-9-21-10-16(15)18(27)24-19-22-6-7-26(19)12-13-4-2-3-5-17(13)20;/h2-8,11,15-16,21H,9-10,12H2,1H3,(H,22,24,27);1H/t15-,16+;/m1./s1. The molecule has 7 nitrogen and oxygen atoms in total. The van der Waals surface area contributed by atoms with Crippen LogP contribution in [0.25, 0.3) is 0 Å². The van der Waals surface area contributed by atoms with Gasteiger partial charge in [0.2, 0.25) is 11.9 Å². The zero-order chi connectivity index (χ0) is 18.8. The van der Waals surface area contributed by atoms with Crippen molar-refractivity contribution in [2.75, 3.05) is 18.4 Å². The van der Waals surface area contributed by atoms with Gasteiger partial charge in [-0.25, -0.2) is 4.98 Å². The van der Waals surface area contributed by atoms with Gasteiger partial charge in [0.05, 0.1) is 18.7 Å². The Kier molecular flexibility index (Phi) is 6.39. The highest BCUT2D eigenvalue weighted by Gasteiger charge is 2.35. The number of hydrogen-bond donors (Lipinski definition) is 2. The molecule has 1 fully saturated rings. The van der Waals surface area contributed by atoms with Crippen LogP contribution < -0.4 is 10.6 Å². The normalized spacial score (nSPS) is 18.6. The summed E-state index contributed by atoms with van der Waals surface area (Å²) in [7, 11) is 1.88. The van der Waals surface area contributed by atoms with Crippen LogP contribution in [0.1, 0.15) is 17.0 Å². The van der Waals surface area contributed by atoms with E-state index >= 15 is 0 Å². The molecule has 28 heavy (non-hydrogen) atoms. The Hall–Kier alpha value is -2.35. The number of carbonyl (C=O) groups excluding carboxylic acids is 1. The molecule has 2 atom stereocenters. The molecule has 0 radical (unpaired) electrons. The molecular weight excluding hydrogens is 399 g/mol. The molecule has 2 N–H and O–H groups in total. The highest BCUT2D eigenvalue weighted by Crippen LogP contribution is 2.29. The predicted molar refractivity (Wildman–Crippen MR) is 111 cm³/mol. The summed E-state index contributed by atoms with van der Waals surface area (Å²) in [5, 5.41) is 11.2. The SMILES string of the molecule is Cl.Cn1cc([C@H]2CNC[C@@H]2C(=O)Nc2nccn2Cc2ccccc2Cl)cn1. The number of amides is 1. The van der Waals surface area contributed by atoms with E-state index < -0.39 is 0 Å². The van der Waals surface area contributed by atoms with Gasteiger partial charge in [-0.1, -0.05) is 29.8 Å². The minimum Gasteiger partial charge on any atom is -0.315 e. The van der Waals surface area contributed by atoms with Crippen LogP contribution in [0.5, 0.6) is 0 Å². The fourth-order valence-electron chi connectivity index (χ4n) is 3.51. The van der Waals surface area contributed by atoms with Gasteiger partial charge in [-0.3, -0.25) is 14.8 Å². The molecule has 1 aromatic carbocycles. The molecule has 3 heterocycles. The first-order valence-corrected chi connectivity index (χ1v) is 9.24. The van der Waals surface area contributed by atoms with Crippen LogP contribution in [0.3, 0.4) is 0 Å². The molecule has 0 spiro atoms. The van der Waals surface area contributed by atoms with E-state index in [0.29, 0.717) is 24.1 Å². The lowest BCUT2D eigenvalue weighted by Gasteiger charge is -2.17. The average molecular weight is 421 g/mol. The van der Waals surface area contributed by atoms with Crippen molar-refractivity contribution in [3.05, 3.63) is 65.2 Å². The Morgan fingerprint density at radius 3 is 2.93 bits per heavy atom. The molecule has 148 valence electrons. The first-order valence-electron chi connectivity index (χ1n) is 8.86. The Balaban J connectivity index is 0.00000225. The second-order valence-electron chi connectivity index (χ2n) is 6.78. The summed E-state index contributed by atoms with van der Waals surface area (Å²) in [5.74, 6) is 0.419. The molecule has 0 saturated carbocycles. The fraction of sp³-hybridized carbons (Fsp3) is 0.316. The number of carbonyl (C=O) groups is 1. The molecule has 4 rings (SSSR count). The summed E-state index contributed by atoms with van der Waals surface area (Å²) in [6.07, 6.45) is 7.31. The first kappa shape index (κ1) is 20.4. The average Bonchev–Trinajstić information content (AvgIpc) is 3.38. The Bertz CT molecular complexity index is 953. The van der Waals surface area contributed by atoms with Gasteiger partial charge in [0.15, 0.2) is 0 Å². The fourth-order valence-corrected chi connectivity index (χ4v) is 3.71. The third-order valence-corrected chi connectivity index (χ3v) is 5.32. The van der Waals surface area contributed by atoms with Gasteiger partial charge in [-0.05, 0) is 17.2 Å². The molecule has 9 heteroatoms. The van der Waals surface area contributed by atoms with E-state index in [-0.39, 0.29) is 30.2 Å². The van der Waals surface area contributed by atoms with Crippen molar-refractivity contribution in [2.45, 2.75) is 12.5 Å². The van der Waals surface area contributed by atoms with Crippen molar-refractivity contribution < 1.29 is 4.79 Å². The van der Waals surface area contributed by atoms with E-state index in [0.717, 1.165) is 17.7 Å². The molecule has 1 saturated heterocycles. The number of nitrogens with one attached hydrogen (secondary N) is 2. The third-order valence-electron chi connectivity index (χ3n) is 4.95. The Morgan fingerprint density at radius 2 is 2.18 bits per heavy atom. The number of aryl methyl sites for hydroxylation is 1. The summed E-state index contributed by atoms with van der Waals surface area (Å²) in [5.41, 5.74) is 2.05. The van der Waals surface area contributed by atoms with E-state index in [1.165, 1.54) is 0 Å². The van der Waals surface area contributed by atoms with Crippen LogP contribution in [0.2, 0.25) is 5.02 Å². The van der Waals surface area contributed by atoms with Crippen molar-refractivity contribution in [2.24, 2.45) is 13.0 Å². The van der Waals surface area contributed by atoms with Crippen LogP contribution in [0, 0.1) is 5.92 Å². The molecule has 1 aliphatic rings. The number of aromatic nitrogens is 4. The van der Waals surface area contributed by atoms with Gasteiger partial charge in [0.1, 0.15) is 0 Å². The highest BCUT2D eigenvalue weighted by atomic mass is 35.5. The summed E-state index contributed by atoms with van der Waals surface area (Å²) < 4.78 is 3.65. The van der Waals surface area contributed by atoms with Gasteiger partial charge in [-0.2, -0.15) is 5.10 Å². The van der Waals surface area contributed by atoms with Gasteiger partial charge in [0, 0.05) is 49.7 Å². The number of hydrogen-bond acceptors (Lipinski definition) is 4. The number of halogens is 2. The number of rotatable bonds is 5. The summed E-state index contributed by atoms with van der Waals surface area (Å²) in [6, 6.07) is 7.66. The smallest absolute Gasteiger partial charge is 0.231 e. The summed E-state index contributed by atoms with van der Waals surface area (Å²) in [4.78, 5) is 17.2. The molecule has 0 unspecified atom stereocenters. The second kappa shape index (κ2) is 8.77. The maximum absolute atomic E-state index is 12.9. The largest absolute Gasteiger partial charge is 0.315 e. The van der Waals surface area contributed by atoms with Gasteiger partial charge in [-0.15, -0.1) is 12.4 Å². The second-order valence-corrected chi connectivity index (χ2v) is 7.19. The first-order chi connectivity index (χ1) is 13.1. The number of anilines is 1. The number of nitrogens with zero attached hydrogens (tertiary/aromatic N) is 4. The molecule has 0 bridgehead atoms. The van der Waals surface area contributed by atoms with E-state index in [2.05, 4.69) is 20.7 Å². The molecule has 1 aliphatic heterocycles. The van der Waals surface area contributed by atoms with E-state index in [1.807, 2.05) is 54.5 Å². The highest BCUT2D eigenvalue weighted by molar-refractivity contribution is 6.31.